The van der Waals surface area contributed by atoms with E-state index < -0.39 is 5.72 Å². The van der Waals surface area contributed by atoms with Crippen LogP contribution in [-0.4, -0.2) is 39.7 Å². The van der Waals surface area contributed by atoms with Gasteiger partial charge in [0.2, 0.25) is 5.75 Å². The third-order valence-electron chi connectivity index (χ3n) is 3.92. The maximum atomic E-state index is 6.02. The zero-order chi connectivity index (χ0) is 17.7. The van der Waals surface area contributed by atoms with Crippen LogP contribution in [0.25, 0.3) is 0 Å². The molecule has 0 amide bonds. The van der Waals surface area contributed by atoms with Crippen molar-refractivity contribution >= 4 is 0 Å². The summed E-state index contributed by atoms with van der Waals surface area (Å²) in [5.41, 5.74) is -0.609. The second kappa shape index (κ2) is 7.53. The molecule has 0 aromatic heterocycles. The van der Waals surface area contributed by atoms with Crippen molar-refractivity contribution in [3.8, 4) is 28.7 Å². The Morgan fingerprint density at radius 3 is 2.36 bits per heavy atom. The van der Waals surface area contributed by atoms with Gasteiger partial charge >= 0.3 is 0 Å². The molecule has 25 heavy (non-hydrogen) atoms. The summed E-state index contributed by atoms with van der Waals surface area (Å²) < 4.78 is 28.3. The summed E-state index contributed by atoms with van der Waals surface area (Å²) in [5, 5.41) is 3.33. The van der Waals surface area contributed by atoms with E-state index in [9.17, 15) is 0 Å². The molecule has 1 aliphatic rings. The van der Waals surface area contributed by atoms with Crippen LogP contribution < -0.4 is 29.0 Å². The van der Waals surface area contributed by atoms with E-state index in [-0.39, 0.29) is 0 Å². The Kier molecular flexibility index (Phi) is 5.19. The summed E-state index contributed by atoms with van der Waals surface area (Å²) in [7, 11) is 3.21. The minimum Gasteiger partial charge on any atom is -0.493 e. The van der Waals surface area contributed by atoms with Gasteiger partial charge in [0.25, 0.3) is 0 Å². The molecule has 0 aliphatic carbocycles. The third-order valence-corrected chi connectivity index (χ3v) is 3.92. The first kappa shape index (κ1) is 17.2. The van der Waals surface area contributed by atoms with Crippen molar-refractivity contribution < 1.29 is 23.7 Å². The van der Waals surface area contributed by atoms with E-state index in [0.717, 1.165) is 11.5 Å². The molecule has 0 saturated heterocycles. The third kappa shape index (κ3) is 3.91. The highest BCUT2D eigenvalue weighted by atomic mass is 16.6. The number of hydrogen-bond donors (Lipinski definition) is 1. The van der Waals surface area contributed by atoms with Gasteiger partial charge in [-0.25, -0.2) is 0 Å². The van der Waals surface area contributed by atoms with Gasteiger partial charge in [0.05, 0.1) is 14.2 Å². The first-order valence-corrected chi connectivity index (χ1v) is 8.15. The van der Waals surface area contributed by atoms with Crippen molar-refractivity contribution in [3.63, 3.8) is 0 Å². The molecule has 134 valence electrons. The Hall–Kier alpha value is -2.60. The van der Waals surface area contributed by atoms with Crippen molar-refractivity contribution in [2.45, 2.75) is 12.6 Å². The molecule has 2 aromatic rings. The van der Waals surface area contributed by atoms with E-state index >= 15 is 0 Å². The average molecular weight is 345 g/mol. The number of benzene rings is 2. The maximum absolute atomic E-state index is 6.02. The zero-order valence-electron chi connectivity index (χ0n) is 14.7. The monoisotopic (exact) mass is 345 g/mol. The summed E-state index contributed by atoms with van der Waals surface area (Å²) >= 11 is 0. The topological polar surface area (TPSA) is 58.2 Å². The van der Waals surface area contributed by atoms with Crippen LogP contribution in [0, 0.1) is 0 Å². The Labute approximate surface area is 147 Å². The largest absolute Gasteiger partial charge is 0.493 e. The molecular formula is C19H23NO5. The highest BCUT2D eigenvalue weighted by molar-refractivity contribution is 5.51. The van der Waals surface area contributed by atoms with Gasteiger partial charge in [-0.15, -0.1) is 0 Å². The molecule has 6 heteroatoms. The molecule has 0 spiro atoms. The Bertz CT molecular complexity index is 698. The molecular weight excluding hydrogens is 322 g/mol. The quantitative estimate of drug-likeness (QED) is 0.779. The van der Waals surface area contributed by atoms with Gasteiger partial charge in [-0.1, -0.05) is 18.2 Å². The van der Waals surface area contributed by atoms with Crippen LogP contribution >= 0.6 is 0 Å². The van der Waals surface area contributed by atoms with Crippen molar-refractivity contribution in [3.05, 3.63) is 42.5 Å². The van der Waals surface area contributed by atoms with Crippen LogP contribution in [0.2, 0.25) is 0 Å². The summed E-state index contributed by atoms with van der Waals surface area (Å²) in [6.45, 7) is 3.37. The fraction of sp³-hybridized carbons (Fsp3) is 0.368. The van der Waals surface area contributed by atoms with Crippen LogP contribution in [0.4, 0.5) is 0 Å². The van der Waals surface area contributed by atoms with E-state index in [4.69, 9.17) is 23.7 Å². The molecule has 3 rings (SSSR count). The smallest absolute Gasteiger partial charge is 0.203 e. The van der Waals surface area contributed by atoms with Gasteiger partial charge in [0.15, 0.2) is 28.7 Å². The highest BCUT2D eigenvalue weighted by Crippen LogP contribution is 2.37. The number of rotatable bonds is 7. The van der Waals surface area contributed by atoms with Crippen molar-refractivity contribution in [2.75, 3.05) is 34.0 Å². The lowest BCUT2D eigenvalue weighted by atomic mass is 10.2. The van der Waals surface area contributed by atoms with E-state index in [2.05, 4.69) is 5.32 Å². The van der Waals surface area contributed by atoms with E-state index in [1.807, 2.05) is 49.4 Å². The fourth-order valence-corrected chi connectivity index (χ4v) is 2.66. The van der Waals surface area contributed by atoms with Crippen molar-refractivity contribution in [1.82, 2.24) is 5.32 Å². The molecule has 1 heterocycles. The molecule has 0 radical (unpaired) electrons. The number of para-hydroxylation sites is 3. The van der Waals surface area contributed by atoms with Gasteiger partial charge in [0, 0.05) is 6.54 Å². The van der Waals surface area contributed by atoms with Gasteiger partial charge in [-0.3, -0.25) is 5.32 Å². The SMILES string of the molecule is COc1cccc(OC)c1OCCNC1(C)COc2ccccc2O1. The van der Waals surface area contributed by atoms with Crippen LogP contribution in [0.15, 0.2) is 42.5 Å². The van der Waals surface area contributed by atoms with E-state index in [1.165, 1.54) is 0 Å². The van der Waals surface area contributed by atoms with Crippen LogP contribution in [0.5, 0.6) is 28.7 Å². The first-order chi connectivity index (χ1) is 12.1. The Morgan fingerprint density at radius 2 is 1.68 bits per heavy atom. The molecule has 0 fully saturated rings. The highest BCUT2D eigenvalue weighted by Gasteiger charge is 2.32. The molecule has 0 bridgehead atoms. The maximum Gasteiger partial charge on any atom is 0.203 e. The van der Waals surface area contributed by atoms with E-state index in [1.54, 1.807) is 14.2 Å². The van der Waals surface area contributed by atoms with Gasteiger partial charge in [0.1, 0.15) is 13.2 Å². The minimum absolute atomic E-state index is 0.419. The molecule has 2 aromatic carbocycles. The first-order valence-electron chi connectivity index (χ1n) is 8.15. The predicted molar refractivity (Wildman–Crippen MR) is 94.0 cm³/mol. The van der Waals surface area contributed by atoms with Gasteiger partial charge in [-0.2, -0.15) is 0 Å². The lowest BCUT2D eigenvalue weighted by Gasteiger charge is -2.36. The fourth-order valence-electron chi connectivity index (χ4n) is 2.66. The summed E-state index contributed by atoms with van der Waals surface area (Å²) in [6, 6.07) is 13.2. The average Bonchev–Trinajstić information content (AvgIpc) is 2.65. The Morgan fingerprint density at radius 1 is 1.00 bits per heavy atom. The van der Waals surface area contributed by atoms with Crippen molar-refractivity contribution in [2.24, 2.45) is 0 Å². The minimum atomic E-state index is -0.609. The summed E-state index contributed by atoms with van der Waals surface area (Å²) in [6.07, 6.45) is 0. The number of ether oxygens (including phenoxy) is 5. The molecule has 1 N–H and O–H groups in total. The lowest BCUT2D eigenvalue weighted by molar-refractivity contribution is -0.0223. The summed E-state index contributed by atoms with van der Waals surface area (Å²) in [5.74, 6) is 3.35. The molecule has 6 nitrogen and oxygen atoms in total. The standard InChI is InChI=1S/C19H23NO5/c1-19(13-24-14-7-4-5-8-15(14)25-19)20-11-12-23-18-16(21-2)9-6-10-17(18)22-3/h4-10,20H,11-13H2,1-3H3. The van der Waals surface area contributed by atoms with Gasteiger partial charge < -0.3 is 23.7 Å². The molecule has 1 atom stereocenters. The van der Waals surface area contributed by atoms with Crippen LogP contribution in [-0.2, 0) is 0 Å². The second-order valence-corrected chi connectivity index (χ2v) is 5.84. The number of fused-ring (bicyclic) bond motifs is 1. The Balaban J connectivity index is 1.56. The number of hydrogen-bond acceptors (Lipinski definition) is 6. The molecule has 1 aliphatic heterocycles. The normalized spacial score (nSPS) is 18.5. The number of nitrogens with one attached hydrogen (secondary N) is 1. The molecule has 0 saturated carbocycles. The van der Waals surface area contributed by atoms with Crippen LogP contribution in [0.3, 0.4) is 0 Å². The summed E-state index contributed by atoms with van der Waals surface area (Å²) in [4.78, 5) is 0. The zero-order valence-corrected chi connectivity index (χ0v) is 14.7. The van der Waals surface area contributed by atoms with Gasteiger partial charge in [-0.05, 0) is 31.2 Å². The predicted octanol–water partition coefficient (Wildman–Crippen LogP) is 2.86. The number of methoxy groups -OCH3 is 2. The lowest BCUT2D eigenvalue weighted by Crippen LogP contribution is -2.55. The molecule has 1 unspecified atom stereocenters. The van der Waals surface area contributed by atoms with E-state index in [0.29, 0.717) is 37.0 Å². The van der Waals surface area contributed by atoms with Crippen molar-refractivity contribution in [1.29, 1.82) is 0 Å². The van der Waals surface area contributed by atoms with Crippen LogP contribution in [0.1, 0.15) is 6.92 Å². The second-order valence-electron chi connectivity index (χ2n) is 5.84.